The van der Waals surface area contributed by atoms with Gasteiger partial charge in [-0.3, -0.25) is 0 Å². The number of benzene rings is 7. The van der Waals surface area contributed by atoms with E-state index < -0.39 is 0 Å². The normalized spacial score (nSPS) is 11.5. The third-order valence-corrected chi connectivity index (χ3v) is 7.84. The second-order valence-corrected chi connectivity index (χ2v) is 10.2. The molecule has 7 aromatic carbocycles. The molecule has 0 saturated heterocycles. The molecule has 0 aliphatic rings. The number of para-hydroxylation sites is 2. The van der Waals surface area contributed by atoms with Crippen LogP contribution in [0.5, 0.6) is 0 Å². The van der Waals surface area contributed by atoms with Crippen LogP contribution in [0.15, 0.2) is 156 Å². The molecule has 0 aliphatic heterocycles. The zero-order chi connectivity index (χ0) is 26.5. The lowest BCUT2D eigenvalue weighted by Crippen LogP contribution is -2.09. The minimum absolute atomic E-state index is 0.900. The van der Waals surface area contributed by atoms with E-state index in [0.717, 1.165) is 39.0 Å². The maximum Gasteiger partial charge on any atom is 0.135 e. The SMILES string of the molecule is c1ccc(N(c2ccc(-c3cc4ccccc4c4ccccc34)cc2)c2ccc3oc4ccccc4c3c2)cc1. The first-order valence-corrected chi connectivity index (χ1v) is 13.6. The van der Waals surface area contributed by atoms with Gasteiger partial charge in [0, 0.05) is 27.8 Å². The Balaban J connectivity index is 1.28. The van der Waals surface area contributed by atoms with E-state index in [2.05, 4.69) is 144 Å². The molecule has 2 heteroatoms. The van der Waals surface area contributed by atoms with E-state index in [1.54, 1.807) is 0 Å². The lowest BCUT2D eigenvalue weighted by molar-refractivity contribution is 0.669. The summed E-state index contributed by atoms with van der Waals surface area (Å²) in [7, 11) is 0. The van der Waals surface area contributed by atoms with E-state index in [9.17, 15) is 0 Å². The highest BCUT2D eigenvalue weighted by Gasteiger charge is 2.16. The fourth-order valence-electron chi connectivity index (χ4n) is 5.96. The number of furan rings is 1. The maximum absolute atomic E-state index is 6.11. The number of rotatable bonds is 4. The first kappa shape index (κ1) is 22.6. The third kappa shape index (κ3) is 3.65. The smallest absolute Gasteiger partial charge is 0.135 e. The lowest BCUT2D eigenvalue weighted by atomic mass is 9.93. The Morgan fingerprint density at radius 2 is 0.975 bits per heavy atom. The van der Waals surface area contributed by atoms with Gasteiger partial charge in [-0.05, 0) is 87.3 Å². The minimum Gasteiger partial charge on any atom is -0.456 e. The van der Waals surface area contributed by atoms with Crippen LogP contribution < -0.4 is 4.90 Å². The Morgan fingerprint density at radius 1 is 0.375 bits per heavy atom. The molecular weight excluding hydrogens is 486 g/mol. The van der Waals surface area contributed by atoms with Gasteiger partial charge in [-0.2, -0.15) is 0 Å². The summed E-state index contributed by atoms with van der Waals surface area (Å²) in [4.78, 5) is 2.31. The number of nitrogens with zero attached hydrogens (tertiary/aromatic N) is 1. The summed E-state index contributed by atoms with van der Waals surface area (Å²) in [6, 6.07) is 53.8. The fourth-order valence-corrected chi connectivity index (χ4v) is 5.96. The van der Waals surface area contributed by atoms with Gasteiger partial charge in [0.2, 0.25) is 0 Å². The van der Waals surface area contributed by atoms with Crippen molar-refractivity contribution in [3.05, 3.63) is 152 Å². The summed E-state index contributed by atoms with van der Waals surface area (Å²) >= 11 is 0. The average Bonchev–Trinajstić information content (AvgIpc) is 3.40. The summed E-state index contributed by atoms with van der Waals surface area (Å²) < 4.78 is 6.11. The van der Waals surface area contributed by atoms with Crippen molar-refractivity contribution in [1.82, 2.24) is 0 Å². The van der Waals surface area contributed by atoms with Crippen molar-refractivity contribution < 1.29 is 4.42 Å². The standard InChI is InChI=1S/C38H25NO/c1-2-11-28(12-3-1)39(30-22-23-38-36(25-30)34-16-8-9-17-37(34)40-38)29-20-18-26(19-21-29)35-24-27-10-4-5-13-31(27)32-14-6-7-15-33(32)35/h1-25H. The molecule has 0 fully saturated rings. The van der Waals surface area contributed by atoms with Crippen molar-refractivity contribution in [1.29, 1.82) is 0 Å². The quantitative estimate of drug-likeness (QED) is 0.218. The van der Waals surface area contributed by atoms with Gasteiger partial charge in [-0.15, -0.1) is 0 Å². The molecule has 1 aromatic heterocycles. The lowest BCUT2D eigenvalue weighted by Gasteiger charge is -2.25. The maximum atomic E-state index is 6.11. The second kappa shape index (κ2) is 9.14. The van der Waals surface area contributed by atoms with E-state index in [0.29, 0.717) is 0 Å². The molecule has 0 radical (unpaired) electrons. The van der Waals surface area contributed by atoms with Crippen molar-refractivity contribution in [2.45, 2.75) is 0 Å². The van der Waals surface area contributed by atoms with Gasteiger partial charge in [0.1, 0.15) is 11.2 Å². The van der Waals surface area contributed by atoms with Crippen molar-refractivity contribution >= 4 is 60.5 Å². The molecule has 0 spiro atoms. The first-order chi connectivity index (χ1) is 19.8. The van der Waals surface area contributed by atoms with E-state index in [1.165, 1.54) is 32.7 Å². The summed E-state index contributed by atoms with van der Waals surface area (Å²) in [5.74, 6) is 0. The Kier molecular flexibility index (Phi) is 5.17. The molecule has 0 amide bonds. The molecule has 188 valence electrons. The Labute approximate surface area is 232 Å². The summed E-state index contributed by atoms with van der Waals surface area (Å²) in [6.07, 6.45) is 0. The minimum atomic E-state index is 0.900. The zero-order valence-electron chi connectivity index (χ0n) is 21.8. The predicted molar refractivity (Wildman–Crippen MR) is 169 cm³/mol. The Bertz CT molecular complexity index is 2160. The predicted octanol–water partition coefficient (Wildman–Crippen LogP) is 11.0. The largest absolute Gasteiger partial charge is 0.456 e. The number of anilines is 3. The van der Waals surface area contributed by atoms with Crippen LogP contribution in [0.25, 0.3) is 54.6 Å². The number of fused-ring (bicyclic) bond motifs is 6. The number of hydrogen-bond donors (Lipinski definition) is 0. The van der Waals surface area contributed by atoms with Crippen molar-refractivity contribution in [3.63, 3.8) is 0 Å². The van der Waals surface area contributed by atoms with Crippen LogP contribution >= 0.6 is 0 Å². The molecule has 1 heterocycles. The van der Waals surface area contributed by atoms with Crippen molar-refractivity contribution in [2.24, 2.45) is 0 Å². The molecule has 0 saturated carbocycles. The molecule has 40 heavy (non-hydrogen) atoms. The van der Waals surface area contributed by atoms with E-state index in [4.69, 9.17) is 4.42 Å². The van der Waals surface area contributed by atoms with Crippen LogP contribution in [0.4, 0.5) is 17.1 Å². The zero-order valence-corrected chi connectivity index (χ0v) is 21.8. The first-order valence-electron chi connectivity index (χ1n) is 13.6. The van der Waals surface area contributed by atoms with Gasteiger partial charge >= 0.3 is 0 Å². The summed E-state index contributed by atoms with van der Waals surface area (Å²) in [5, 5.41) is 7.35. The molecular formula is C38H25NO. The number of hydrogen-bond acceptors (Lipinski definition) is 2. The van der Waals surface area contributed by atoms with Crippen LogP contribution in [0, 0.1) is 0 Å². The van der Waals surface area contributed by atoms with E-state index >= 15 is 0 Å². The fraction of sp³-hybridized carbons (Fsp3) is 0. The molecule has 0 bridgehead atoms. The monoisotopic (exact) mass is 511 g/mol. The van der Waals surface area contributed by atoms with E-state index in [1.807, 2.05) is 12.1 Å². The van der Waals surface area contributed by atoms with Crippen LogP contribution in [0.2, 0.25) is 0 Å². The van der Waals surface area contributed by atoms with E-state index in [-0.39, 0.29) is 0 Å². The Hall–Kier alpha value is -5.34. The molecule has 8 rings (SSSR count). The van der Waals surface area contributed by atoms with Crippen LogP contribution in [-0.4, -0.2) is 0 Å². The molecule has 0 unspecified atom stereocenters. The summed E-state index contributed by atoms with van der Waals surface area (Å²) in [5.41, 5.74) is 7.57. The molecule has 8 aromatic rings. The summed E-state index contributed by atoms with van der Waals surface area (Å²) in [6.45, 7) is 0. The van der Waals surface area contributed by atoms with Crippen LogP contribution in [0.3, 0.4) is 0 Å². The van der Waals surface area contributed by atoms with Gasteiger partial charge in [0.25, 0.3) is 0 Å². The Morgan fingerprint density at radius 3 is 1.80 bits per heavy atom. The van der Waals surface area contributed by atoms with Gasteiger partial charge in [0.15, 0.2) is 0 Å². The average molecular weight is 512 g/mol. The highest BCUT2D eigenvalue weighted by Crippen LogP contribution is 2.40. The molecule has 0 atom stereocenters. The van der Waals surface area contributed by atoms with Crippen LogP contribution in [-0.2, 0) is 0 Å². The van der Waals surface area contributed by atoms with Gasteiger partial charge < -0.3 is 9.32 Å². The van der Waals surface area contributed by atoms with Crippen LogP contribution in [0.1, 0.15) is 0 Å². The molecule has 0 N–H and O–H groups in total. The van der Waals surface area contributed by atoms with Crippen molar-refractivity contribution in [3.8, 4) is 11.1 Å². The second-order valence-electron chi connectivity index (χ2n) is 10.2. The van der Waals surface area contributed by atoms with Gasteiger partial charge in [0.05, 0.1) is 0 Å². The molecule has 2 nitrogen and oxygen atoms in total. The topological polar surface area (TPSA) is 16.4 Å². The highest BCUT2D eigenvalue weighted by molar-refractivity contribution is 6.13. The van der Waals surface area contributed by atoms with Gasteiger partial charge in [-0.25, -0.2) is 0 Å². The highest BCUT2D eigenvalue weighted by atomic mass is 16.3. The van der Waals surface area contributed by atoms with Gasteiger partial charge in [-0.1, -0.05) is 97.1 Å². The van der Waals surface area contributed by atoms with Crippen molar-refractivity contribution in [2.75, 3.05) is 4.90 Å². The molecule has 0 aliphatic carbocycles. The third-order valence-electron chi connectivity index (χ3n) is 7.84.